The maximum Gasteiger partial charge on any atom is 0.247 e. The van der Waals surface area contributed by atoms with Crippen LogP contribution >= 0.6 is 0 Å². The molecule has 36 heavy (non-hydrogen) atoms. The van der Waals surface area contributed by atoms with E-state index in [-0.39, 0.29) is 5.75 Å². The average molecular weight is 506 g/mol. The molecule has 0 radical (unpaired) electrons. The highest BCUT2D eigenvalue weighted by Gasteiger charge is 2.26. The fourth-order valence-corrected chi connectivity index (χ4v) is 5.53. The van der Waals surface area contributed by atoms with Crippen LogP contribution in [0.3, 0.4) is 0 Å². The zero-order valence-corrected chi connectivity index (χ0v) is 22.4. The molecule has 0 saturated carbocycles. The van der Waals surface area contributed by atoms with E-state index in [0.29, 0.717) is 4.90 Å². The predicted molar refractivity (Wildman–Crippen MR) is 149 cm³/mol. The van der Waals surface area contributed by atoms with Gasteiger partial charge < -0.3 is 4.90 Å². The van der Waals surface area contributed by atoms with Crippen molar-refractivity contribution in [1.82, 2.24) is 19.5 Å². The molecule has 1 N–H and O–H groups in total. The number of hydrogen-bond donors (Lipinski definition) is 1. The van der Waals surface area contributed by atoms with Gasteiger partial charge in [0.05, 0.1) is 6.20 Å². The van der Waals surface area contributed by atoms with Crippen molar-refractivity contribution in [2.75, 3.05) is 25.4 Å². The van der Waals surface area contributed by atoms with Crippen LogP contribution < -0.4 is 0 Å². The highest BCUT2D eigenvalue weighted by Crippen LogP contribution is 2.29. The summed E-state index contributed by atoms with van der Waals surface area (Å²) in [5.74, 6) is 0.184. The summed E-state index contributed by atoms with van der Waals surface area (Å²) in [7, 11) is -3.02. The van der Waals surface area contributed by atoms with Gasteiger partial charge >= 0.3 is 0 Å². The third-order valence-corrected chi connectivity index (χ3v) is 8.49. The first-order valence-electron chi connectivity index (χ1n) is 13.0. The van der Waals surface area contributed by atoms with E-state index in [4.69, 9.17) is 0 Å². The molecule has 2 aromatic carbocycles. The summed E-state index contributed by atoms with van der Waals surface area (Å²) in [5.41, 5.74) is 5.87. The fourth-order valence-electron chi connectivity index (χ4n) is 4.59. The molecule has 1 saturated heterocycles. The maximum absolute atomic E-state index is 12.4. The summed E-state index contributed by atoms with van der Waals surface area (Å²) in [6.07, 6.45) is 10.7. The predicted octanol–water partition coefficient (Wildman–Crippen LogP) is 6.47. The molecule has 2 aromatic heterocycles. The Hall–Kier alpha value is -2.87. The molecule has 0 bridgehead atoms. The third-order valence-electron chi connectivity index (χ3n) is 6.71. The van der Waals surface area contributed by atoms with E-state index < -0.39 is 10.2 Å². The number of benzene rings is 2. The van der Waals surface area contributed by atoms with E-state index in [0.717, 1.165) is 40.9 Å². The van der Waals surface area contributed by atoms with Crippen LogP contribution in [0.25, 0.3) is 27.9 Å². The van der Waals surface area contributed by atoms with E-state index in [1.807, 2.05) is 32.3 Å². The number of piperidine rings is 1. The van der Waals surface area contributed by atoms with Gasteiger partial charge in [0.1, 0.15) is 5.75 Å². The van der Waals surface area contributed by atoms with E-state index in [9.17, 15) is 8.76 Å². The second kappa shape index (κ2) is 11.9. The first-order valence-corrected chi connectivity index (χ1v) is 14.7. The van der Waals surface area contributed by atoms with Crippen molar-refractivity contribution in [2.24, 2.45) is 0 Å². The van der Waals surface area contributed by atoms with Gasteiger partial charge in [0.15, 0.2) is 10.5 Å². The highest BCUT2D eigenvalue weighted by molar-refractivity contribution is 7.97. The molecule has 1 unspecified atom stereocenters. The van der Waals surface area contributed by atoms with Gasteiger partial charge in [-0.3, -0.25) is 0 Å². The van der Waals surface area contributed by atoms with Crippen molar-refractivity contribution >= 4 is 15.9 Å². The molecule has 0 amide bonds. The molecule has 4 aromatic rings. The molecule has 0 aliphatic carbocycles. The molecule has 3 heterocycles. The summed E-state index contributed by atoms with van der Waals surface area (Å²) in [6.45, 7) is 9.32. The van der Waals surface area contributed by atoms with Gasteiger partial charge in [-0.05, 0) is 62.0 Å². The molecular formula is C29H37N4O2S+. The monoisotopic (exact) mass is 505 g/mol. The second-order valence-electron chi connectivity index (χ2n) is 8.98. The van der Waals surface area contributed by atoms with Crippen LogP contribution in [-0.2, 0) is 20.8 Å². The number of hydrogen-bond acceptors (Lipinski definition) is 4. The number of nitrogens with zero attached hydrogens (tertiary/aromatic N) is 4. The van der Waals surface area contributed by atoms with Crippen molar-refractivity contribution < 1.29 is 8.76 Å². The van der Waals surface area contributed by atoms with Gasteiger partial charge in [0.25, 0.3) is 0 Å². The standard InChI is InChI=1S/C27H30N4O2S.C2H6/c1-2-34(32,33)25-8-6-7-23(17-25)26-19-29-31-20-24(18-28-27(26)31)22-11-9-21(10-12-22)13-16-30-14-4-3-5-15-30;1-2/h6-12,17-20H,2-5,13-16H2,1H3;1-2H3/p+1. The van der Waals surface area contributed by atoms with Crippen molar-refractivity contribution in [2.45, 2.75) is 51.3 Å². The summed E-state index contributed by atoms with van der Waals surface area (Å²) < 4.78 is 24.4. The number of likely N-dealkylation sites (tertiary alicyclic amines) is 1. The Morgan fingerprint density at radius 1 is 0.944 bits per heavy atom. The Balaban J connectivity index is 0.00000148. The number of fused-ring (bicyclic) bond motifs is 1. The van der Waals surface area contributed by atoms with E-state index in [1.54, 1.807) is 35.8 Å². The van der Waals surface area contributed by atoms with Crippen molar-refractivity contribution in [1.29, 1.82) is 0 Å². The average Bonchev–Trinajstić information content (AvgIpc) is 3.37. The van der Waals surface area contributed by atoms with Crippen LogP contribution in [0, 0.1) is 0 Å². The van der Waals surface area contributed by atoms with E-state index in [1.165, 1.54) is 37.9 Å². The molecule has 6 nitrogen and oxygen atoms in total. The Labute approximate surface area is 215 Å². The fraction of sp³-hybridized carbons (Fsp3) is 0.379. The summed E-state index contributed by atoms with van der Waals surface area (Å²) >= 11 is 0. The van der Waals surface area contributed by atoms with Crippen LogP contribution in [0.4, 0.5) is 0 Å². The first kappa shape index (κ1) is 26.2. The lowest BCUT2D eigenvalue weighted by molar-refractivity contribution is 0.231. The number of rotatable bonds is 7. The Morgan fingerprint density at radius 3 is 2.42 bits per heavy atom. The zero-order chi connectivity index (χ0) is 25.5. The Morgan fingerprint density at radius 2 is 1.69 bits per heavy atom. The summed E-state index contributed by atoms with van der Waals surface area (Å²) in [6, 6.07) is 15.9. The first-order chi connectivity index (χ1) is 17.5. The van der Waals surface area contributed by atoms with Crippen LogP contribution in [0.5, 0.6) is 0 Å². The number of aromatic nitrogens is 3. The lowest BCUT2D eigenvalue weighted by Crippen LogP contribution is -2.31. The maximum atomic E-state index is 12.4. The van der Waals surface area contributed by atoms with Gasteiger partial charge in [-0.15, -0.1) is 0 Å². The molecule has 5 rings (SSSR count). The zero-order valence-electron chi connectivity index (χ0n) is 21.6. The molecule has 1 aliphatic rings. The molecule has 0 spiro atoms. The summed E-state index contributed by atoms with van der Waals surface area (Å²) in [4.78, 5) is 7.69. The normalized spacial score (nSPS) is 15.8. The minimum absolute atomic E-state index is 0.184. The Kier molecular flexibility index (Phi) is 8.67. The highest BCUT2D eigenvalue weighted by atomic mass is 32.3. The largest absolute Gasteiger partial charge is 0.303 e. The second-order valence-corrected chi connectivity index (χ2v) is 11.3. The molecule has 7 heteroatoms. The van der Waals surface area contributed by atoms with Gasteiger partial charge in [0, 0.05) is 36.1 Å². The molecule has 190 valence electrons. The van der Waals surface area contributed by atoms with Crippen LogP contribution in [-0.4, -0.2) is 49.4 Å². The summed E-state index contributed by atoms with van der Waals surface area (Å²) in [5, 5.41) is 4.51. The van der Waals surface area contributed by atoms with Gasteiger partial charge in [-0.25, -0.2) is 9.50 Å². The van der Waals surface area contributed by atoms with Gasteiger partial charge in [-0.2, -0.15) is 9.65 Å². The Bertz CT molecular complexity index is 1330. The topological polar surface area (TPSA) is 70.7 Å². The van der Waals surface area contributed by atoms with Crippen molar-refractivity contribution in [3.05, 3.63) is 72.7 Å². The minimum Gasteiger partial charge on any atom is -0.303 e. The lowest BCUT2D eigenvalue weighted by atomic mass is 10.0. The molecule has 1 fully saturated rings. The van der Waals surface area contributed by atoms with Crippen LogP contribution in [0.15, 0.2) is 72.0 Å². The lowest BCUT2D eigenvalue weighted by Gasteiger charge is -2.26. The minimum atomic E-state index is -3.02. The third kappa shape index (κ3) is 5.91. The molecule has 1 atom stereocenters. The van der Waals surface area contributed by atoms with Gasteiger partial charge in [-0.1, -0.05) is 60.9 Å². The van der Waals surface area contributed by atoms with E-state index >= 15 is 0 Å². The van der Waals surface area contributed by atoms with Gasteiger partial charge in [0.2, 0.25) is 10.2 Å². The van der Waals surface area contributed by atoms with Crippen molar-refractivity contribution in [3.63, 3.8) is 0 Å². The quantitative estimate of drug-likeness (QED) is 0.292. The van der Waals surface area contributed by atoms with E-state index in [2.05, 4.69) is 39.2 Å². The van der Waals surface area contributed by atoms with Crippen LogP contribution in [0.2, 0.25) is 0 Å². The smallest absolute Gasteiger partial charge is 0.247 e. The molecule has 1 aliphatic heterocycles. The molecular weight excluding hydrogens is 468 g/mol. The SMILES string of the molecule is CC.CC[S+](=O)(O)c1cccc(-c2cnn3cc(-c4ccc(CCN5CCCCC5)cc4)cnc23)c1. The van der Waals surface area contributed by atoms with Crippen molar-refractivity contribution in [3.8, 4) is 22.3 Å². The van der Waals surface area contributed by atoms with Crippen LogP contribution in [0.1, 0.15) is 45.6 Å².